The summed E-state index contributed by atoms with van der Waals surface area (Å²) < 4.78 is 11.5. The van der Waals surface area contributed by atoms with Crippen LogP contribution < -0.4 is 0 Å². The molecule has 0 aromatic carbocycles. The average molecular weight is 285 g/mol. The van der Waals surface area contributed by atoms with Crippen LogP contribution in [0.1, 0.15) is 53.4 Å². The van der Waals surface area contributed by atoms with E-state index in [2.05, 4.69) is 32.6 Å². The number of hydrogen-bond acceptors (Lipinski definition) is 3. The zero-order chi connectivity index (χ0) is 14.8. The molecule has 0 aromatic rings. The van der Waals surface area contributed by atoms with Crippen molar-refractivity contribution in [2.75, 3.05) is 39.5 Å². The normalized spacial score (nSPS) is 21.0. The van der Waals surface area contributed by atoms with E-state index in [1.807, 2.05) is 0 Å². The molecule has 1 fully saturated rings. The Hall–Kier alpha value is -0.120. The highest BCUT2D eigenvalue weighted by molar-refractivity contribution is 4.71. The van der Waals surface area contributed by atoms with Gasteiger partial charge in [0.1, 0.15) is 0 Å². The van der Waals surface area contributed by atoms with Crippen molar-refractivity contribution in [3.63, 3.8) is 0 Å². The van der Waals surface area contributed by atoms with Gasteiger partial charge in [-0.1, -0.05) is 47.0 Å². The third kappa shape index (κ3) is 8.93. The molecule has 1 aliphatic rings. The molecule has 1 atom stereocenters. The first kappa shape index (κ1) is 17.9. The molecule has 3 nitrogen and oxygen atoms in total. The molecule has 0 amide bonds. The first-order valence-electron chi connectivity index (χ1n) is 8.49. The van der Waals surface area contributed by atoms with Gasteiger partial charge in [0.15, 0.2) is 0 Å². The summed E-state index contributed by atoms with van der Waals surface area (Å²) in [4.78, 5) is 2.54. The maximum atomic E-state index is 5.78. The van der Waals surface area contributed by atoms with Gasteiger partial charge in [-0.3, -0.25) is 4.90 Å². The fraction of sp³-hybridized carbons (Fsp3) is 1.00. The van der Waals surface area contributed by atoms with Crippen molar-refractivity contribution in [1.82, 2.24) is 4.90 Å². The summed E-state index contributed by atoms with van der Waals surface area (Å²) in [6.07, 6.45) is 5.71. The van der Waals surface area contributed by atoms with E-state index < -0.39 is 0 Å². The van der Waals surface area contributed by atoms with Crippen molar-refractivity contribution in [2.24, 2.45) is 11.8 Å². The highest BCUT2D eigenvalue weighted by Crippen LogP contribution is 2.11. The van der Waals surface area contributed by atoms with Gasteiger partial charge in [0, 0.05) is 19.7 Å². The van der Waals surface area contributed by atoms with Gasteiger partial charge in [0.25, 0.3) is 0 Å². The quantitative estimate of drug-likeness (QED) is 0.573. The Kier molecular flexibility index (Phi) is 9.49. The summed E-state index contributed by atoms with van der Waals surface area (Å²) in [6.45, 7) is 14.8. The number of nitrogens with zero attached hydrogens (tertiary/aromatic N) is 1. The molecule has 0 N–H and O–H groups in total. The van der Waals surface area contributed by atoms with Gasteiger partial charge in [-0.15, -0.1) is 0 Å². The van der Waals surface area contributed by atoms with Crippen molar-refractivity contribution in [3.05, 3.63) is 0 Å². The Labute approximate surface area is 126 Å². The largest absolute Gasteiger partial charge is 0.378 e. The molecule has 1 heterocycles. The first-order valence-corrected chi connectivity index (χ1v) is 8.49. The van der Waals surface area contributed by atoms with Crippen molar-refractivity contribution in [2.45, 2.75) is 59.5 Å². The van der Waals surface area contributed by atoms with Crippen LogP contribution in [0.15, 0.2) is 0 Å². The van der Waals surface area contributed by atoms with Crippen LogP contribution in [-0.2, 0) is 9.47 Å². The second-order valence-electron chi connectivity index (χ2n) is 6.97. The topological polar surface area (TPSA) is 21.7 Å². The summed E-state index contributed by atoms with van der Waals surface area (Å²) in [7, 11) is 0. The third-order valence-electron chi connectivity index (χ3n) is 3.73. The van der Waals surface area contributed by atoms with Crippen LogP contribution >= 0.6 is 0 Å². The van der Waals surface area contributed by atoms with Crippen LogP contribution in [0.25, 0.3) is 0 Å². The van der Waals surface area contributed by atoms with Crippen LogP contribution in [0.2, 0.25) is 0 Å². The molecule has 1 rings (SSSR count). The van der Waals surface area contributed by atoms with E-state index in [0.717, 1.165) is 38.8 Å². The van der Waals surface area contributed by atoms with E-state index in [4.69, 9.17) is 9.47 Å². The van der Waals surface area contributed by atoms with Crippen molar-refractivity contribution in [1.29, 1.82) is 0 Å². The molecule has 120 valence electrons. The summed E-state index contributed by atoms with van der Waals surface area (Å²) in [6, 6.07) is 0. The van der Waals surface area contributed by atoms with E-state index in [1.165, 1.54) is 32.2 Å². The molecular formula is C17H35NO2. The fourth-order valence-electron chi connectivity index (χ4n) is 2.58. The number of ether oxygens (including phenoxy) is 2. The Morgan fingerprint density at radius 2 is 1.90 bits per heavy atom. The maximum absolute atomic E-state index is 5.78. The van der Waals surface area contributed by atoms with Gasteiger partial charge in [-0.25, -0.2) is 0 Å². The molecule has 0 saturated carbocycles. The Balaban J connectivity index is 2.05. The molecule has 0 aliphatic carbocycles. The van der Waals surface area contributed by atoms with Crippen LogP contribution in [0.4, 0.5) is 0 Å². The second-order valence-corrected chi connectivity index (χ2v) is 6.97. The predicted octanol–water partition coefficient (Wildman–Crippen LogP) is 3.58. The van der Waals surface area contributed by atoms with Gasteiger partial charge >= 0.3 is 0 Å². The van der Waals surface area contributed by atoms with Gasteiger partial charge < -0.3 is 9.47 Å². The summed E-state index contributed by atoms with van der Waals surface area (Å²) in [5.74, 6) is 1.46. The van der Waals surface area contributed by atoms with E-state index in [0.29, 0.717) is 5.92 Å². The molecule has 3 heteroatoms. The first-order chi connectivity index (χ1) is 9.58. The van der Waals surface area contributed by atoms with Gasteiger partial charge in [-0.05, 0) is 24.8 Å². The minimum absolute atomic E-state index is 0.276. The zero-order valence-electron chi connectivity index (χ0n) is 14.1. The molecule has 0 bridgehead atoms. The molecule has 0 aromatic heterocycles. The maximum Gasteiger partial charge on any atom is 0.0935 e. The Morgan fingerprint density at radius 1 is 1.10 bits per heavy atom. The SMILES string of the molecule is CC(C)CCCCCN1CCO[C@@H](COCC(C)C)C1. The van der Waals surface area contributed by atoms with Gasteiger partial charge in [-0.2, -0.15) is 0 Å². The number of unbranched alkanes of at least 4 members (excludes halogenated alkanes) is 2. The molecule has 1 saturated heterocycles. The van der Waals surface area contributed by atoms with E-state index >= 15 is 0 Å². The van der Waals surface area contributed by atoms with Crippen molar-refractivity contribution < 1.29 is 9.47 Å². The predicted molar refractivity (Wildman–Crippen MR) is 85.1 cm³/mol. The van der Waals surface area contributed by atoms with Crippen LogP contribution in [0.5, 0.6) is 0 Å². The van der Waals surface area contributed by atoms with E-state index in [-0.39, 0.29) is 6.10 Å². The Bertz CT molecular complexity index is 231. The monoisotopic (exact) mass is 285 g/mol. The molecule has 0 radical (unpaired) electrons. The van der Waals surface area contributed by atoms with Gasteiger partial charge in [0.2, 0.25) is 0 Å². The average Bonchev–Trinajstić information content (AvgIpc) is 2.38. The zero-order valence-corrected chi connectivity index (χ0v) is 14.1. The lowest BCUT2D eigenvalue weighted by Gasteiger charge is -2.32. The number of hydrogen-bond donors (Lipinski definition) is 0. The molecule has 1 aliphatic heterocycles. The lowest BCUT2D eigenvalue weighted by Crippen LogP contribution is -2.44. The van der Waals surface area contributed by atoms with Crippen LogP contribution in [0, 0.1) is 11.8 Å². The van der Waals surface area contributed by atoms with Crippen molar-refractivity contribution >= 4 is 0 Å². The number of morpholine rings is 1. The van der Waals surface area contributed by atoms with E-state index in [9.17, 15) is 0 Å². The highest BCUT2D eigenvalue weighted by atomic mass is 16.5. The summed E-state index contributed by atoms with van der Waals surface area (Å²) >= 11 is 0. The standard InChI is InChI=1S/C17H35NO2/c1-15(2)8-6-5-7-9-18-10-11-20-17(12-18)14-19-13-16(3)4/h15-17H,5-14H2,1-4H3/t17-/m1/s1. The third-order valence-corrected chi connectivity index (χ3v) is 3.73. The Morgan fingerprint density at radius 3 is 2.60 bits per heavy atom. The molecule has 0 unspecified atom stereocenters. The smallest absolute Gasteiger partial charge is 0.0935 e. The lowest BCUT2D eigenvalue weighted by atomic mass is 10.1. The fourth-order valence-corrected chi connectivity index (χ4v) is 2.58. The van der Waals surface area contributed by atoms with Crippen LogP contribution in [-0.4, -0.2) is 50.5 Å². The highest BCUT2D eigenvalue weighted by Gasteiger charge is 2.20. The second kappa shape index (κ2) is 10.6. The lowest BCUT2D eigenvalue weighted by molar-refractivity contribution is -0.0722. The minimum atomic E-state index is 0.276. The molecular weight excluding hydrogens is 250 g/mol. The van der Waals surface area contributed by atoms with E-state index in [1.54, 1.807) is 0 Å². The molecule has 0 spiro atoms. The molecule has 20 heavy (non-hydrogen) atoms. The van der Waals surface area contributed by atoms with Gasteiger partial charge in [0.05, 0.1) is 19.3 Å². The van der Waals surface area contributed by atoms with Crippen molar-refractivity contribution in [3.8, 4) is 0 Å². The summed E-state index contributed by atoms with van der Waals surface area (Å²) in [5, 5.41) is 0. The van der Waals surface area contributed by atoms with Crippen LogP contribution in [0.3, 0.4) is 0 Å². The summed E-state index contributed by atoms with van der Waals surface area (Å²) in [5.41, 5.74) is 0. The minimum Gasteiger partial charge on any atom is -0.378 e. The number of rotatable bonds is 10.